The van der Waals surface area contributed by atoms with Crippen LogP contribution in [0.3, 0.4) is 0 Å². The molecular weight excluding hydrogens is 260 g/mol. The molecule has 0 fully saturated rings. The van der Waals surface area contributed by atoms with Gasteiger partial charge >= 0.3 is 0 Å². The molecule has 0 bridgehead atoms. The summed E-state index contributed by atoms with van der Waals surface area (Å²) in [6.45, 7) is 15.0. The van der Waals surface area contributed by atoms with Crippen molar-refractivity contribution in [2.24, 2.45) is 0 Å². The first-order valence-corrected chi connectivity index (χ1v) is 15.9. The van der Waals surface area contributed by atoms with E-state index in [1.165, 1.54) is 57.4 Å². The van der Waals surface area contributed by atoms with Gasteiger partial charge in [0.05, 0.1) is 0 Å². The summed E-state index contributed by atoms with van der Waals surface area (Å²) in [4.78, 5) is 0. The van der Waals surface area contributed by atoms with Crippen molar-refractivity contribution in [1.82, 2.24) is 0 Å². The standard InChI is InChI=1S/C17H40Si2/c1-7-8-16-19(5,6)17-14-12-10-9-11-13-15-18(2,3)4/h7-17H2,1-6H3. The molecule has 0 unspecified atom stereocenters. The van der Waals surface area contributed by atoms with Gasteiger partial charge in [-0.3, -0.25) is 0 Å². The average molecular weight is 301 g/mol. The van der Waals surface area contributed by atoms with Crippen LogP contribution in [-0.4, -0.2) is 16.1 Å². The Morgan fingerprint density at radius 2 is 0.947 bits per heavy atom. The van der Waals surface area contributed by atoms with Crippen LogP contribution in [0.2, 0.25) is 50.9 Å². The lowest BCUT2D eigenvalue weighted by Gasteiger charge is -2.21. The number of unbranched alkanes of at least 4 members (excludes halogenated alkanes) is 6. The normalized spacial score (nSPS) is 12.9. The molecular formula is C17H40Si2. The van der Waals surface area contributed by atoms with E-state index >= 15 is 0 Å². The molecule has 0 N–H and O–H groups in total. The molecule has 0 heterocycles. The monoisotopic (exact) mass is 300 g/mol. The van der Waals surface area contributed by atoms with Crippen LogP contribution in [0.1, 0.15) is 58.3 Å². The van der Waals surface area contributed by atoms with Gasteiger partial charge in [-0.25, -0.2) is 0 Å². The van der Waals surface area contributed by atoms with Gasteiger partial charge in [-0.05, 0) is 0 Å². The second-order valence-corrected chi connectivity index (χ2v) is 19.4. The van der Waals surface area contributed by atoms with Crippen molar-refractivity contribution in [3.8, 4) is 0 Å². The maximum Gasteiger partial charge on any atom is 0.0473 e. The first-order chi connectivity index (χ1) is 8.77. The summed E-state index contributed by atoms with van der Waals surface area (Å²) in [6, 6.07) is 4.66. The highest BCUT2D eigenvalue weighted by Gasteiger charge is 2.18. The van der Waals surface area contributed by atoms with Crippen molar-refractivity contribution in [2.45, 2.75) is 109 Å². The van der Waals surface area contributed by atoms with Gasteiger partial charge in [-0.1, -0.05) is 109 Å². The number of rotatable bonds is 12. The second kappa shape index (κ2) is 10.2. The second-order valence-electron chi connectivity index (χ2n) is 8.45. The van der Waals surface area contributed by atoms with Gasteiger partial charge < -0.3 is 0 Å². The zero-order valence-electron chi connectivity index (χ0n) is 14.8. The third kappa shape index (κ3) is 14.7. The van der Waals surface area contributed by atoms with E-state index in [0.717, 1.165) is 0 Å². The van der Waals surface area contributed by atoms with E-state index in [4.69, 9.17) is 0 Å². The predicted molar refractivity (Wildman–Crippen MR) is 97.9 cm³/mol. The Kier molecular flexibility index (Phi) is 10.4. The Morgan fingerprint density at radius 3 is 1.42 bits per heavy atom. The van der Waals surface area contributed by atoms with Gasteiger partial charge in [0.2, 0.25) is 0 Å². The van der Waals surface area contributed by atoms with Crippen LogP contribution in [0.5, 0.6) is 0 Å². The summed E-state index contributed by atoms with van der Waals surface area (Å²) in [7, 11) is -1.58. The van der Waals surface area contributed by atoms with E-state index in [2.05, 4.69) is 39.7 Å². The Bertz CT molecular complexity index is 204. The lowest BCUT2D eigenvalue weighted by Crippen LogP contribution is -2.24. The van der Waals surface area contributed by atoms with Crippen molar-refractivity contribution in [3.63, 3.8) is 0 Å². The third-order valence-corrected chi connectivity index (χ3v) is 9.51. The summed E-state index contributed by atoms with van der Waals surface area (Å²) in [5.41, 5.74) is 0. The van der Waals surface area contributed by atoms with Crippen molar-refractivity contribution in [3.05, 3.63) is 0 Å². The molecule has 116 valence electrons. The maximum absolute atomic E-state index is 2.59. The minimum atomic E-state index is -0.819. The fraction of sp³-hybridized carbons (Fsp3) is 1.00. The first kappa shape index (κ1) is 19.4. The van der Waals surface area contributed by atoms with Crippen LogP contribution in [0.4, 0.5) is 0 Å². The molecule has 0 aromatic heterocycles. The fourth-order valence-corrected chi connectivity index (χ4v) is 6.82. The molecule has 0 atom stereocenters. The summed E-state index contributed by atoms with van der Waals surface area (Å²) < 4.78 is 0. The topological polar surface area (TPSA) is 0 Å². The molecule has 0 aliphatic rings. The van der Waals surface area contributed by atoms with Crippen LogP contribution in [-0.2, 0) is 0 Å². The smallest absolute Gasteiger partial charge is 0.0473 e. The Hall–Kier alpha value is 0.434. The van der Waals surface area contributed by atoms with Gasteiger partial charge in [0.15, 0.2) is 0 Å². The van der Waals surface area contributed by atoms with Crippen LogP contribution >= 0.6 is 0 Å². The zero-order chi connectivity index (χ0) is 14.8. The van der Waals surface area contributed by atoms with Gasteiger partial charge in [0.25, 0.3) is 0 Å². The van der Waals surface area contributed by atoms with E-state index in [1.807, 2.05) is 0 Å². The Balaban J connectivity index is 3.35. The highest BCUT2D eigenvalue weighted by molar-refractivity contribution is 6.77. The molecule has 0 aromatic rings. The Labute approximate surface area is 125 Å². The molecule has 0 nitrogen and oxygen atoms in total. The van der Waals surface area contributed by atoms with Crippen LogP contribution in [0.25, 0.3) is 0 Å². The summed E-state index contributed by atoms with van der Waals surface area (Å²) in [5, 5.41) is 0. The Morgan fingerprint density at radius 1 is 0.526 bits per heavy atom. The van der Waals surface area contributed by atoms with Crippen molar-refractivity contribution in [1.29, 1.82) is 0 Å². The quantitative estimate of drug-likeness (QED) is 0.264. The van der Waals surface area contributed by atoms with Crippen molar-refractivity contribution >= 4 is 16.1 Å². The zero-order valence-corrected chi connectivity index (χ0v) is 16.8. The highest BCUT2D eigenvalue weighted by Crippen LogP contribution is 2.22. The predicted octanol–water partition coefficient (Wildman–Crippen LogP) is 7.17. The van der Waals surface area contributed by atoms with E-state index in [1.54, 1.807) is 12.1 Å². The summed E-state index contributed by atoms with van der Waals surface area (Å²) in [5.74, 6) is 0. The first-order valence-electron chi connectivity index (χ1n) is 8.77. The summed E-state index contributed by atoms with van der Waals surface area (Å²) in [6.07, 6.45) is 11.8. The van der Waals surface area contributed by atoms with Crippen molar-refractivity contribution < 1.29 is 0 Å². The molecule has 0 amide bonds. The largest absolute Gasteiger partial charge is 0.0695 e. The molecule has 0 aliphatic heterocycles. The van der Waals surface area contributed by atoms with Crippen molar-refractivity contribution in [2.75, 3.05) is 0 Å². The molecule has 0 aromatic carbocycles. The molecule has 19 heavy (non-hydrogen) atoms. The minimum absolute atomic E-state index is 0.765. The SMILES string of the molecule is CCCC[Si](C)(C)CCCCCCCC[Si](C)(C)C. The number of hydrogen-bond acceptors (Lipinski definition) is 0. The number of hydrogen-bond donors (Lipinski definition) is 0. The average Bonchev–Trinajstić information content (AvgIpc) is 2.28. The summed E-state index contributed by atoms with van der Waals surface area (Å²) >= 11 is 0. The van der Waals surface area contributed by atoms with Crippen LogP contribution < -0.4 is 0 Å². The molecule has 0 spiro atoms. The molecule has 0 saturated carbocycles. The lowest BCUT2D eigenvalue weighted by atomic mass is 10.1. The molecule has 0 aliphatic carbocycles. The van der Waals surface area contributed by atoms with Gasteiger partial charge in [0, 0.05) is 16.1 Å². The van der Waals surface area contributed by atoms with Gasteiger partial charge in [0.1, 0.15) is 0 Å². The molecule has 2 heteroatoms. The van der Waals surface area contributed by atoms with E-state index in [0.29, 0.717) is 0 Å². The van der Waals surface area contributed by atoms with Crippen LogP contribution in [0, 0.1) is 0 Å². The fourth-order valence-electron chi connectivity index (χ4n) is 2.75. The van der Waals surface area contributed by atoms with Gasteiger partial charge in [-0.15, -0.1) is 0 Å². The third-order valence-electron chi connectivity index (χ3n) is 4.24. The van der Waals surface area contributed by atoms with Crippen LogP contribution in [0.15, 0.2) is 0 Å². The molecule has 0 saturated heterocycles. The minimum Gasteiger partial charge on any atom is -0.0695 e. The molecule has 0 radical (unpaired) electrons. The maximum atomic E-state index is 2.59. The van der Waals surface area contributed by atoms with Gasteiger partial charge in [-0.2, -0.15) is 0 Å². The molecule has 0 rings (SSSR count). The van der Waals surface area contributed by atoms with E-state index < -0.39 is 16.1 Å². The van der Waals surface area contributed by atoms with E-state index in [9.17, 15) is 0 Å². The van der Waals surface area contributed by atoms with E-state index in [-0.39, 0.29) is 0 Å². The lowest BCUT2D eigenvalue weighted by molar-refractivity contribution is 0.619. The highest BCUT2D eigenvalue weighted by atomic mass is 28.3.